The molecule has 0 aliphatic carbocycles. The number of nitrogens with one attached hydrogen (secondary N) is 1. The Labute approximate surface area is 116 Å². The summed E-state index contributed by atoms with van der Waals surface area (Å²) in [4.78, 5) is 14.9. The summed E-state index contributed by atoms with van der Waals surface area (Å²) in [5.74, 6) is -0.133. The second-order valence-electron chi connectivity index (χ2n) is 4.82. The number of aliphatic hydroxyl groups excluding tert-OH is 1. The van der Waals surface area contributed by atoms with Crippen LogP contribution in [0.25, 0.3) is 0 Å². The Morgan fingerprint density at radius 1 is 1.63 bits per heavy atom. The number of nitrogens with zero attached hydrogens (tertiary/aromatic N) is 2. The first kappa shape index (κ1) is 14.0. The van der Waals surface area contributed by atoms with Crippen LogP contribution in [0.1, 0.15) is 22.4 Å². The number of carbonyl (C=O) groups is 1. The van der Waals surface area contributed by atoms with Gasteiger partial charge in [0, 0.05) is 18.0 Å². The molecule has 2 N–H and O–H groups in total. The molecule has 102 valence electrons. The highest BCUT2D eigenvalue weighted by molar-refractivity contribution is 7.16. The van der Waals surface area contributed by atoms with Gasteiger partial charge in [-0.05, 0) is 25.8 Å². The molecule has 0 saturated carbocycles. The van der Waals surface area contributed by atoms with Crippen molar-refractivity contribution >= 4 is 22.2 Å². The minimum absolute atomic E-state index is 0.133. The summed E-state index contributed by atoms with van der Waals surface area (Å²) in [6.45, 7) is 5.37. The van der Waals surface area contributed by atoms with Crippen molar-refractivity contribution in [1.82, 2.24) is 4.90 Å². The largest absolute Gasteiger partial charge is 0.392 e. The molecule has 1 atom stereocenters. The van der Waals surface area contributed by atoms with Crippen LogP contribution in [-0.4, -0.2) is 41.7 Å². The van der Waals surface area contributed by atoms with Crippen molar-refractivity contribution in [2.24, 2.45) is 0 Å². The molecular weight excluding hydrogens is 262 g/mol. The SMILES string of the molecule is Cc1sc(NC(=O)CN2CC[C@H](O)C2)c(C#N)c1C. The van der Waals surface area contributed by atoms with E-state index in [1.54, 1.807) is 0 Å². The maximum absolute atomic E-state index is 11.9. The lowest BCUT2D eigenvalue weighted by Crippen LogP contribution is -2.32. The zero-order valence-corrected chi connectivity index (χ0v) is 11.9. The van der Waals surface area contributed by atoms with Gasteiger partial charge in [0.2, 0.25) is 5.91 Å². The third kappa shape index (κ3) is 3.13. The summed E-state index contributed by atoms with van der Waals surface area (Å²) in [5, 5.41) is 21.9. The number of nitriles is 1. The number of thiophene rings is 1. The van der Waals surface area contributed by atoms with Crippen molar-refractivity contribution in [2.75, 3.05) is 25.0 Å². The molecule has 0 bridgehead atoms. The summed E-state index contributed by atoms with van der Waals surface area (Å²) in [7, 11) is 0. The summed E-state index contributed by atoms with van der Waals surface area (Å²) in [6, 6.07) is 2.13. The van der Waals surface area contributed by atoms with Crippen LogP contribution in [0.15, 0.2) is 0 Å². The Morgan fingerprint density at radius 3 is 2.95 bits per heavy atom. The molecule has 2 rings (SSSR count). The molecule has 0 spiro atoms. The molecule has 1 aromatic heterocycles. The van der Waals surface area contributed by atoms with E-state index in [1.807, 2.05) is 18.7 Å². The van der Waals surface area contributed by atoms with Crippen LogP contribution in [0.5, 0.6) is 0 Å². The molecule has 19 heavy (non-hydrogen) atoms. The molecule has 6 heteroatoms. The zero-order valence-electron chi connectivity index (χ0n) is 11.1. The monoisotopic (exact) mass is 279 g/mol. The Hall–Kier alpha value is -1.42. The normalized spacial score (nSPS) is 19.4. The van der Waals surface area contributed by atoms with Crippen molar-refractivity contribution < 1.29 is 9.90 Å². The fourth-order valence-corrected chi connectivity index (χ4v) is 3.20. The lowest BCUT2D eigenvalue weighted by Gasteiger charge is -2.13. The molecule has 1 saturated heterocycles. The minimum atomic E-state index is -0.325. The predicted molar refractivity (Wildman–Crippen MR) is 74.2 cm³/mol. The van der Waals surface area contributed by atoms with Gasteiger partial charge in [0.25, 0.3) is 0 Å². The highest BCUT2D eigenvalue weighted by Gasteiger charge is 2.23. The highest BCUT2D eigenvalue weighted by atomic mass is 32.1. The summed E-state index contributed by atoms with van der Waals surface area (Å²) in [6.07, 6.45) is 0.391. The summed E-state index contributed by atoms with van der Waals surface area (Å²) < 4.78 is 0. The molecular formula is C13H17N3O2S. The van der Waals surface area contributed by atoms with Crippen LogP contribution in [-0.2, 0) is 4.79 Å². The van der Waals surface area contributed by atoms with Gasteiger partial charge in [0.1, 0.15) is 11.1 Å². The van der Waals surface area contributed by atoms with E-state index in [4.69, 9.17) is 5.26 Å². The van der Waals surface area contributed by atoms with E-state index in [1.165, 1.54) is 11.3 Å². The Morgan fingerprint density at radius 2 is 2.37 bits per heavy atom. The van der Waals surface area contributed by atoms with Crippen molar-refractivity contribution in [3.63, 3.8) is 0 Å². The zero-order chi connectivity index (χ0) is 14.0. The van der Waals surface area contributed by atoms with Gasteiger partial charge >= 0.3 is 0 Å². The molecule has 1 aromatic rings. The average molecular weight is 279 g/mol. The standard InChI is InChI=1S/C13H17N3O2S/c1-8-9(2)19-13(11(8)5-14)15-12(18)7-16-4-3-10(17)6-16/h10,17H,3-4,6-7H2,1-2H3,(H,15,18)/t10-/m0/s1. The number of amides is 1. The Bertz CT molecular complexity index is 533. The van der Waals surface area contributed by atoms with Crippen LogP contribution >= 0.6 is 11.3 Å². The minimum Gasteiger partial charge on any atom is -0.392 e. The first-order chi connectivity index (χ1) is 9.01. The van der Waals surface area contributed by atoms with Crippen LogP contribution in [0.2, 0.25) is 0 Å². The summed E-state index contributed by atoms with van der Waals surface area (Å²) >= 11 is 1.43. The van der Waals surface area contributed by atoms with Crippen molar-refractivity contribution in [2.45, 2.75) is 26.4 Å². The van der Waals surface area contributed by atoms with Gasteiger partial charge in [-0.15, -0.1) is 11.3 Å². The van der Waals surface area contributed by atoms with Gasteiger partial charge in [-0.1, -0.05) is 0 Å². The Balaban J connectivity index is 2.00. The number of rotatable bonds is 3. The first-order valence-electron chi connectivity index (χ1n) is 6.21. The Kier molecular flexibility index (Phi) is 4.20. The second kappa shape index (κ2) is 5.70. The lowest BCUT2D eigenvalue weighted by atomic mass is 10.2. The maximum atomic E-state index is 11.9. The van der Waals surface area contributed by atoms with Crippen molar-refractivity contribution in [3.05, 3.63) is 16.0 Å². The topological polar surface area (TPSA) is 76.4 Å². The van der Waals surface area contributed by atoms with E-state index in [9.17, 15) is 9.90 Å². The summed E-state index contributed by atoms with van der Waals surface area (Å²) in [5.41, 5.74) is 1.48. The number of aryl methyl sites for hydroxylation is 1. The van der Waals surface area contributed by atoms with Gasteiger partial charge < -0.3 is 10.4 Å². The van der Waals surface area contributed by atoms with Crippen molar-refractivity contribution in [3.8, 4) is 6.07 Å². The lowest BCUT2D eigenvalue weighted by molar-refractivity contribution is -0.117. The van der Waals surface area contributed by atoms with E-state index >= 15 is 0 Å². The molecule has 5 nitrogen and oxygen atoms in total. The maximum Gasteiger partial charge on any atom is 0.239 e. The van der Waals surface area contributed by atoms with Crippen LogP contribution in [0.4, 0.5) is 5.00 Å². The van der Waals surface area contributed by atoms with Gasteiger partial charge in [0.15, 0.2) is 0 Å². The number of aliphatic hydroxyl groups is 1. The highest BCUT2D eigenvalue weighted by Crippen LogP contribution is 2.31. The van der Waals surface area contributed by atoms with Crippen LogP contribution in [0.3, 0.4) is 0 Å². The number of hydrogen-bond donors (Lipinski definition) is 2. The average Bonchev–Trinajstić information content (AvgIpc) is 2.85. The molecule has 0 unspecified atom stereocenters. The number of hydrogen-bond acceptors (Lipinski definition) is 5. The second-order valence-corrected chi connectivity index (χ2v) is 6.05. The van der Waals surface area contributed by atoms with Crippen LogP contribution in [0, 0.1) is 25.2 Å². The number of β-amino-alcohol motifs (C(OH)–C–C–N with tert-alkyl or cyclic N) is 1. The van der Waals surface area contributed by atoms with Gasteiger partial charge in [-0.3, -0.25) is 9.69 Å². The third-order valence-corrected chi connectivity index (χ3v) is 4.49. The van der Waals surface area contributed by atoms with Crippen molar-refractivity contribution in [1.29, 1.82) is 5.26 Å². The number of carbonyl (C=O) groups excluding carboxylic acids is 1. The molecule has 2 heterocycles. The van der Waals surface area contributed by atoms with Gasteiger partial charge in [0.05, 0.1) is 18.2 Å². The molecule has 1 aliphatic rings. The van der Waals surface area contributed by atoms with Gasteiger partial charge in [-0.2, -0.15) is 5.26 Å². The number of likely N-dealkylation sites (tertiary alicyclic amines) is 1. The molecule has 0 aromatic carbocycles. The molecule has 1 aliphatic heterocycles. The first-order valence-corrected chi connectivity index (χ1v) is 7.03. The van der Waals surface area contributed by atoms with E-state index in [-0.39, 0.29) is 18.6 Å². The molecule has 0 radical (unpaired) electrons. The fraction of sp³-hybridized carbons (Fsp3) is 0.538. The molecule has 1 fully saturated rings. The molecule has 1 amide bonds. The third-order valence-electron chi connectivity index (χ3n) is 3.36. The fourth-order valence-electron chi connectivity index (χ4n) is 2.17. The van der Waals surface area contributed by atoms with E-state index in [0.717, 1.165) is 17.0 Å². The van der Waals surface area contributed by atoms with E-state index < -0.39 is 0 Å². The predicted octanol–water partition coefficient (Wildman–Crippen LogP) is 1.24. The van der Waals surface area contributed by atoms with E-state index in [0.29, 0.717) is 23.5 Å². The van der Waals surface area contributed by atoms with Crippen LogP contribution < -0.4 is 5.32 Å². The number of anilines is 1. The smallest absolute Gasteiger partial charge is 0.239 e. The van der Waals surface area contributed by atoms with Gasteiger partial charge in [-0.25, -0.2) is 0 Å². The quantitative estimate of drug-likeness (QED) is 0.873. The van der Waals surface area contributed by atoms with E-state index in [2.05, 4.69) is 11.4 Å².